The van der Waals surface area contributed by atoms with Gasteiger partial charge in [0, 0.05) is 33.8 Å². The average molecular weight is 526 g/mol. The quantitative estimate of drug-likeness (QED) is 0.403. The Morgan fingerprint density at radius 1 is 1.03 bits per heavy atom. The van der Waals surface area contributed by atoms with Crippen molar-refractivity contribution in [2.75, 3.05) is 19.5 Å². The molecular weight excluding hydrogens is 502 g/mol. The summed E-state index contributed by atoms with van der Waals surface area (Å²) < 4.78 is 13.1. The first-order valence-corrected chi connectivity index (χ1v) is 12.7. The Morgan fingerprint density at radius 2 is 1.69 bits per heavy atom. The molecule has 4 aromatic rings. The molecule has 1 aliphatic rings. The summed E-state index contributed by atoms with van der Waals surface area (Å²) in [5, 5.41) is 3.82. The van der Waals surface area contributed by atoms with E-state index in [1.807, 2.05) is 0 Å². The number of halogens is 1. The Hall–Kier alpha value is -3.56. The van der Waals surface area contributed by atoms with Gasteiger partial charge >= 0.3 is 5.69 Å². The number of hydrogen-bond acceptors (Lipinski definition) is 6. The van der Waals surface area contributed by atoms with E-state index in [4.69, 9.17) is 21.1 Å². The monoisotopic (exact) mass is 525 g/mol. The van der Waals surface area contributed by atoms with Gasteiger partial charge in [0.2, 0.25) is 5.91 Å². The van der Waals surface area contributed by atoms with E-state index in [1.54, 1.807) is 42.5 Å². The van der Waals surface area contributed by atoms with Crippen molar-refractivity contribution in [1.82, 2.24) is 9.13 Å². The lowest BCUT2D eigenvalue weighted by atomic mass is 9.97. The standard InChI is InChI=1S/C26H24ClN3O5S/c1-34-18-11-16(12-19(13-18)35-2)28-22(31)14-29-25-23(20-5-3-4-6-21(20)36-25)24(32)30(26(29)33)17-9-7-15(27)8-10-17/h7-13H,3-6,14H2,1-2H3,(H,28,31). The van der Waals surface area contributed by atoms with Crippen molar-refractivity contribution in [3.63, 3.8) is 0 Å². The van der Waals surface area contributed by atoms with E-state index in [-0.39, 0.29) is 12.1 Å². The summed E-state index contributed by atoms with van der Waals surface area (Å²) >= 11 is 7.46. The lowest BCUT2D eigenvalue weighted by Crippen LogP contribution is -2.40. The summed E-state index contributed by atoms with van der Waals surface area (Å²) in [5.41, 5.74) is 0.911. The maximum atomic E-state index is 13.7. The van der Waals surface area contributed by atoms with Gasteiger partial charge in [-0.3, -0.25) is 14.2 Å². The van der Waals surface area contributed by atoms with Gasteiger partial charge in [0.25, 0.3) is 5.56 Å². The number of fused-ring (bicyclic) bond motifs is 3. The van der Waals surface area contributed by atoms with E-state index in [2.05, 4.69) is 5.32 Å². The van der Waals surface area contributed by atoms with Crippen LogP contribution in [0.15, 0.2) is 52.1 Å². The second-order valence-electron chi connectivity index (χ2n) is 8.53. The number of rotatable bonds is 6. The van der Waals surface area contributed by atoms with Crippen LogP contribution in [-0.2, 0) is 24.2 Å². The number of ether oxygens (including phenoxy) is 2. The number of nitrogens with zero attached hydrogens (tertiary/aromatic N) is 2. The van der Waals surface area contributed by atoms with Crippen molar-refractivity contribution >= 4 is 44.7 Å². The maximum absolute atomic E-state index is 13.7. The molecule has 1 aliphatic carbocycles. The molecule has 10 heteroatoms. The number of anilines is 1. The highest BCUT2D eigenvalue weighted by atomic mass is 35.5. The Morgan fingerprint density at radius 3 is 2.36 bits per heavy atom. The minimum Gasteiger partial charge on any atom is -0.497 e. The fourth-order valence-corrected chi connectivity index (χ4v) is 6.05. The molecule has 2 aromatic carbocycles. The number of carbonyl (C=O) groups excluding carboxylic acids is 1. The summed E-state index contributed by atoms with van der Waals surface area (Å²) in [5.74, 6) is 0.624. The van der Waals surface area contributed by atoms with Gasteiger partial charge in [0.15, 0.2) is 0 Å². The highest BCUT2D eigenvalue weighted by molar-refractivity contribution is 7.18. The number of nitrogens with one attached hydrogen (secondary N) is 1. The average Bonchev–Trinajstić information content (AvgIpc) is 3.27. The van der Waals surface area contributed by atoms with Crippen LogP contribution in [-0.4, -0.2) is 29.3 Å². The SMILES string of the molecule is COc1cc(NC(=O)Cn2c(=O)n(-c3ccc(Cl)cc3)c(=O)c3c4c(sc32)CCCC4)cc(OC)c1. The van der Waals surface area contributed by atoms with E-state index in [9.17, 15) is 14.4 Å². The highest BCUT2D eigenvalue weighted by Crippen LogP contribution is 2.34. The first-order chi connectivity index (χ1) is 17.4. The molecule has 0 saturated carbocycles. The van der Waals surface area contributed by atoms with Gasteiger partial charge in [0.1, 0.15) is 22.9 Å². The fraction of sp³-hybridized carbons (Fsp3) is 0.269. The van der Waals surface area contributed by atoms with E-state index >= 15 is 0 Å². The molecule has 1 amide bonds. The van der Waals surface area contributed by atoms with Crippen molar-refractivity contribution in [2.45, 2.75) is 32.2 Å². The number of thiophene rings is 1. The van der Waals surface area contributed by atoms with Gasteiger partial charge in [-0.1, -0.05) is 11.6 Å². The molecule has 36 heavy (non-hydrogen) atoms. The minimum absolute atomic E-state index is 0.262. The second kappa shape index (κ2) is 9.83. The lowest BCUT2D eigenvalue weighted by molar-refractivity contribution is -0.116. The van der Waals surface area contributed by atoms with Crippen molar-refractivity contribution in [3.8, 4) is 17.2 Å². The maximum Gasteiger partial charge on any atom is 0.337 e. The number of methoxy groups -OCH3 is 2. The largest absolute Gasteiger partial charge is 0.497 e. The lowest BCUT2D eigenvalue weighted by Gasteiger charge is -2.14. The molecule has 2 heterocycles. The number of amides is 1. The zero-order valence-corrected chi connectivity index (χ0v) is 21.4. The number of carbonyl (C=O) groups is 1. The molecule has 0 saturated heterocycles. The van der Waals surface area contributed by atoms with Gasteiger partial charge in [-0.25, -0.2) is 9.36 Å². The second-order valence-corrected chi connectivity index (χ2v) is 10.0. The Labute approximate surface area is 215 Å². The number of hydrogen-bond donors (Lipinski definition) is 1. The molecular formula is C26H24ClN3O5S. The topological polar surface area (TPSA) is 91.6 Å². The summed E-state index contributed by atoms with van der Waals surface area (Å²) in [6.45, 7) is -0.262. The molecule has 8 nitrogen and oxygen atoms in total. The van der Waals surface area contributed by atoms with E-state index in [0.717, 1.165) is 40.7 Å². The third-order valence-electron chi connectivity index (χ3n) is 6.26. The normalized spacial score (nSPS) is 12.9. The van der Waals surface area contributed by atoms with Crippen LogP contribution in [0.25, 0.3) is 15.9 Å². The zero-order valence-electron chi connectivity index (χ0n) is 19.8. The predicted molar refractivity (Wildman–Crippen MR) is 142 cm³/mol. The molecule has 0 atom stereocenters. The van der Waals surface area contributed by atoms with Gasteiger partial charge in [0.05, 0.1) is 25.3 Å². The molecule has 186 valence electrons. The van der Waals surface area contributed by atoms with E-state index in [1.165, 1.54) is 30.1 Å². The molecule has 0 spiro atoms. The van der Waals surface area contributed by atoms with Crippen LogP contribution in [0.3, 0.4) is 0 Å². The zero-order chi connectivity index (χ0) is 25.4. The Kier molecular flexibility index (Phi) is 6.59. The molecule has 0 radical (unpaired) electrons. The number of aryl methyl sites for hydroxylation is 2. The van der Waals surface area contributed by atoms with Crippen molar-refractivity contribution < 1.29 is 14.3 Å². The van der Waals surface area contributed by atoms with Crippen molar-refractivity contribution in [3.05, 3.63) is 78.8 Å². The predicted octanol–water partition coefficient (Wildman–Crippen LogP) is 4.40. The highest BCUT2D eigenvalue weighted by Gasteiger charge is 2.25. The van der Waals surface area contributed by atoms with Crippen LogP contribution in [0.5, 0.6) is 11.5 Å². The van der Waals surface area contributed by atoms with Crippen molar-refractivity contribution in [1.29, 1.82) is 0 Å². The molecule has 1 N–H and O–H groups in total. The fourth-order valence-electron chi connectivity index (χ4n) is 4.55. The van der Waals surface area contributed by atoms with E-state index in [0.29, 0.717) is 38.1 Å². The summed E-state index contributed by atoms with van der Waals surface area (Å²) in [6, 6.07) is 11.5. The summed E-state index contributed by atoms with van der Waals surface area (Å²) in [6.07, 6.45) is 3.66. The molecule has 0 aliphatic heterocycles. The van der Waals surface area contributed by atoms with Gasteiger partial charge in [-0.05, 0) is 55.5 Å². The van der Waals surface area contributed by atoms with E-state index < -0.39 is 11.6 Å². The van der Waals surface area contributed by atoms with Crippen LogP contribution in [0, 0.1) is 0 Å². The smallest absolute Gasteiger partial charge is 0.337 e. The molecule has 5 rings (SSSR count). The third kappa shape index (κ3) is 4.40. The van der Waals surface area contributed by atoms with Crippen LogP contribution < -0.4 is 26.0 Å². The van der Waals surface area contributed by atoms with Gasteiger partial charge in [-0.2, -0.15) is 0 Å². The van der Waals surface area contributed by atoms with Gasteiger partial charge in [-0.15, -0.1) is 11.3 Å². The molecule has 2 aromatic heterocycles. The van der Waals surface area contributed by atoms with Crippen LogP contribution in [0.4, 0.5) is 5.69 Å². The first kappa shape index (κ1) is 24.1. The van der Waals surface area contributed by atoms with Crippen LogP contribution in [0.1, 0.15) is 23.3 Å². The van der Waals surface area contributed by atoms with Crippen LogP contribution >= 0.6 is 22.9 Å². The number of benzene rings is 2. The van der Waals surface area contributed by atoms with Gasteiger partial charge < -0.3 is 14.8 Å². The Balaban J connectivity index is 1.62. The van der Waals surface area contributed by atoms with Crippen molar-refractivity contribution in [2.24, 2.45) is 0 Å². The third-order valence-corrected chi connectivity index (χ3v) is 7.83. The first-order valence-electron chi connectivity index (χ1n) is 11.5. The molecule has 0 unspecified atom stereocenters. The Bertz CT molecular complexity index is 1560. The minimum atomic E-state index is -0.577. The van der Waals surface area contributed by atoms with Crippen LogP contribution in [0.2, 0.25) is 5.02 Å². The molecule has 0 bridgehead atoms. The summed E-state index contributed by atoms with van der Waals surface area (Å²) in [7, 11) is 3.05. The summed E-state index contributed by atoms with van der Waals surface area (Å²) in [4.78, 5) is 42.1. The molecule has 0 fully saturated rings. The number of aromatic nitrogens is 2.